The van der Waals surface area contributed by atoms with Crippen LogP contribution >= 0.6 is 0 Å². The molecule has 0 aliphatic carbocycles. The first-order valence-corrected chi connectivity index (χ1v) is 8.90. The molecule has 3 heterocycles. The Morgan fingerprint density at radius 1 is 1.32 bits per heavy atom. The van der Waals surface area contributed by atoms with Crippen molar-refractivity contribution >= 4 is 11.8 Å². The lowest BCUT2D eigenvalue weighted by molar-refractivity contribution is -0.149. The summed E-state index contributed by atoms with van der Waals surface area (Å²) in [6.07, 6.45) is 2.39. The molecular weight excluding hydrogens is 320 g/mol. The minimum Gasteiger partial charge on any atom is -0.374 e. The van der Waals surface area contributed by atoms with Crippen molar-refractivity contribution in [3.8, 4) is 0 Å². The van der Waals surface area contributed by atoms with Crippen LogP contribution in [0, 0.1) is 6.92 Å². The van der Waals surface area contributed by atoms with Gasteiger partial charge in [0.2, 0.25) is 5.91 Å². The molecule has 2 aliphatic rings. The average Bonchev–Trinajstić information content (AvgIpc) is 2.59. The maximum absolute atomic E-state index is 13.1. The van der Waals surface area contributed by atoms with Gasteiger partial charge in [0.05, 0.1) is 30.0 Å². The zero-order chi connectivity index (χ0) is 18.1. The Bertz CT molecular complexity index is 676. The Balaban J connectivity index is 1.83. The Labute approximate surface area is 148 Å². The Kier molecular flexibility index (Phi) is 5.03. The molecule has 2 amide bonds. The molecule has 2 saturated heterocycles. The summed E-state index contributed by atoms with van der Waals surface area (Å²) >= 11 is 0. The van der Waals surface area contributed by atoms with Crippen LogP contribution in [-0.4, -0.2) is 70.0 Å². The summed E-state index contributed by atoms with van der Waals surface area (Å²) in [5.74, 6) is 0.790. The van der Waals surface area contributed by atoms with Crippen LogP contribution in [0.1, 0.15) is 55.0 Å². The number of ether oxygens (including phenoxy) is 1. The zero-order valence-corrected chi connectivity index (χ0v) is 15.4. The van der Waals surface area contributed by atoms with Crippen LogP contribution in [0.15, 0.2) is 6.20 Å². The molecule has 3 rings (SSSR count). The molecule has 0 aromatic carbocycles. The van der Waals surface area contributed by atoms with Crippen LogP contribution in [-0.2, 0) is 9.53 Å². The predicted octanol–water partition coefficient (Wildman–Crippen LogP) is 1.37. The Morgan fingerprint density at radius 2 is 2.08 bits per heavy atom. The quantitative estimate of drug-likeness (QED) is 0.808. The van der Waals surface area contributed by atoms with Gasteiger partial charge in [-0.3, -0.25) is 9.59 Å². The fourth-order valence-corrected chi connectivity index (χ4v) is 3.71. The Morgan fingerprint density at radius 3 is 2.76 bits per heavy atom. The number of carbonyl (C=O) groups is 2. The normalized spacial score (nSPS) is 23.6. The van der Waals surface area contributed by atoms with E-state index in [4.69, 9.17) is 4.74 Å². The first-order chi connectivity index (χ1) is 11.9. The minimum absolute atomic E-state index is 0.0144. The van der Waals surface area contributed by atoms with Gasteiger partial charge in [0.1, 0.15) is 5.82 Å². The van der Waals surface area contributed by atoms with Crippen molar-refractivity contribution in [2.45, 2.75) is 52.2 Å². The smallest absolute Gasteiger partial charge is 0.257 e. The van der Waals surface area contributed by atoms with E-state index < -0.39 is 0 Å². The summed E-state index contributed by atoms with van der Waals surface area (Å²) in [6.45, 7) is 9.73. The molecule has 2 fully saturated rings. The van der Waals surface area contributed by atoms with Crippen molar-refractivity contribution in [2.75, 3.05) is 26.2 Å². The summed E-state index contributed by atoms with van der Waals surface area (Å²) < 4.78 is 5.82. The molecule has 0 bridgehead atoms. The summed E-state index contributed by atoms with van der Waals surface area (Å²) in [5.41, 5.74) is 1.34. The molecule has 1 aromatic rings. The van der Waals surface area contributed by atoms with E-state index in [2.05, 4.69) is 9.97 Å². The van der Waals surface area contributed by atoms with Gasteiger partial charge in [-0.15, -0.1) is 0 Å². The molecule has 7 nitrogen and oxygen atoms in total. The number of amides is 2. The third kappa shape index (κ3) is 3.51. The van der Waals surface area contributed by atoms with Crippen LogP contribution in [0.2, 0.25) is 0 Å². The van der Waals surface area contributed by atoms with Crippen molar-refractivity contribution in [3.63, 3.8) is 0 Å². The van der Waals surface area contributed by atoms with E-state index in [1.54, 1.807) is 13.1 Å². The lowest BCUT2D eigenvalue weighted by atomic mass is 9.97. The number of rotatable bonds is 2. The third-order valence-electron chi connectivity index (χ3n) is 4.99. The molecule has 0 spiro atoms. The molecule has 2 atom stereocenters. The van der Waals surface area contributed by atoms with Gasteiger partial charge < -0.3 is 14.5 Å². The number of aryl methyl sites for hydroxylation is 1. The van der Waals surface area contributed by atoms with Gasteiger partial charge in [0, 0.05) is 32.8 Å². The number of carbonyl (C=O) groups excluding carboxylic acids is 2. The maximum atomic E-state index is 13.1. The number of morpholine rings is 1. The largest absolute Gasteiger partial charge is 0.374 e. The second-order valence-electron chi connectivity index (χ2n) is 7.10. The van der Waals surface area contributed by atoms with E-state index in [0.29, 0.717) is 37.6 Å². The average molecular weight is 346 g/mol. The molecule has 1 aromatic heterocycles. The van der Waals surface area contributed by atoms with Gasteiger partial charge in [0.15, 0.2) is 0 Å². The number of likely N-dealkylation sites (tertiary alicyclic amines) is 1. The molecular formula is C18H26N4O3. The minimum atomic E-state index is -0.0715. The van der Waals surface area contributed by atoms with E-state index in [1.807, 2.05) is 30.6 Å². The number of fused-ring (bicyclic) bond motifs is 1. The molecule has 25 heavy (non-hydrogen) atoms. The van der Waals surface area contributed by atoms with Crippen LogP contribution in [0.5, 0.6) is 0 Å². The molecule has 2 unspecified atom stereocenters. The highest BCUT2D eigenvalue weighted by Crippen LogP contribution is 2.26. The van der Waals surface area contributed by atoms with Crippen molar-refractivity contribution in [1.82, 2.24) is 19.8 Å². The highest BCUT2D eigenvalue weighted by molar-refractivity contribution is 5.95. The second kappa shape index (κ2) is 7.07. The van der Waals surface area contributed by atoms with Gasteiger partial charge in [-0.2, -0.15) is 0 Å². The van der Waals surface area contributed by atoms with E-state index >= 15 is 0 Å². The molecule has 0 N–H and O–H groups in total. The number of aromatic nitrogens is 2. The number of piperidine rings is 1. The lowest BCUT2D eigenvalue weighted by Gasteiger charge is -2.46. The second-order valence-corrected chi connectivity index (χ2v) is 7.10. The highest BCUT2D eigenvalue weighted by Gasteiger charge is 2.40. The van der Waals surface area contributed by atoms with Crippen molar-refractivity contribution in [1.29, 1.82) is 0 Å². The molecule has 136 valence electrons. The highest BCUT2D eigenvalue weighted by atomic mass is 16.5. The number of hydrogen-bond acceptors (Lipinski definition) is 5. The van der Waals surface area contributed by atoms with Crippen molar-refractivity contribution < 1.29 is 14.3 Å². The molecule has 0 saturated carbocycles. The standard InChI is InChI=1S/C18H26N4O3/c1-11(2)17-14(9-19-12(3)20-17)18(24)21-6-5-16-15(10-21)22(13(4)23)7-8-25-16/h9,11,15-16H,5-8,10H2,1-4H3. The first-order valence-electron chi connectivity index (χ1n) is 8.90. The molecule has 7 heteroatoms. The van der Waals surface area contributed by atoms with E-state index in [1.165, 1.54) is 0 Å². The SMILES string of the molecule is CC(=O)N1CCOC2CCN(C(=O)c3cnc(C)nc3C(C)C)CC21. The van der Waals surface area contributed by atoms with Gasteiger partial charge >= 0.3 is 0 Å². The van der Waals surface area contributed by atoms with E-state index in [-0.39, 0.29) is 29.9 Å². The van der Waals surface area contributed by atoms with Gasteiger partial charge in [0.25, 0.3) is 5.91 Å². The fraction of sp³-hybridized carbons (Fsp3) is 0.667. The summed E-state index contributed by atoms with van der Waals surface area (Å²) in [6, 6.07) is -0.0715. The first kappa shape index (κ1) is 17.8. The van der Waals surface area contributed by atoms with Gasteiger partial charge in [-0.25, -0.2) is 9.97 Å². The third-order valence-corrected chi connectivity index (χ3v) is 4.99. The number of hydrogen-bond donors (Lipinski definition) is 0. The molecule has 0 radical (unpaired) electrons. The topological polar surface area (TPSA) is 75.6 Å². The van der Waals surface area contributed by atoms with Gasteiger partial charge in [-0.1, -0.05) is 13.8 Å². The van der Waals surface area contributed by atoms with Crippen LogP contribution in [0.4, 0.5) is 0 Å². The van der Waals surface area contributed by atoms with Crippen LogP contribution in [0.3, 0.4) is 0 Å². The summed E-state index contributed by atoms with van der Waals surface area (Å²) in [7, 11) is 0. The number of nitrogens with zero attached hydrogens (tertiary/aromatic N) is 4. The summed E-state index contributed by atoms with van der Waals surface area (Å²) in [5, 5.41) is 0. The zero-order valence-electron chi connectivity index (χ0n) is 15.4. The van der Waals surface area contributed by atoms with Crippen molar-refractivity contribution in [2.24, 2.45) is 0 Å². The Hall–Kier alpha value is -2.02. The monoisotopic (exact) mass is 346 g/mol. The predicted molar refractivity (Wildman–Crippen MR) is 92.3 cm³/mol. The van der Waals surface area contributed by atoms with Crippen LogP contribution < -0.4 is 0 Å². The van der Waals surface area contributed by atoms with E-state index in [9.17, 15) is 9.59 Å². The molecule has 2 aliphatic heterocycles. The van der Waals surface area contributed by atoms with E-state index in [0.717, 1.165) is 12.1 Å². The van der Waals surface area contributed by atoms with Crippen molar-refractivity contribution in [3.05, 3.63) is 23.3 Å². The fourth-order valence-electron chi connectivity index (χ4n) is 3.71. The van der Waals surface area contributed by atoms with Gasteiger partial charge in [-0.05, 0) is 19.3 Å². The maximum Gasteiger partial charge on any atom is 0.257 e. The lowest BCUT2D eigenvalue weighted by Crippen LogP contribution is -2.61. The summed E-state index contributed by atoms with van der Waals surface area (Å²) in [4.78, 5) is 37.3. The van der Waals surface area contributed by atoms with Crippen LogP contribution in [0.25, 0.3) is 0 Å².